The number of hydrogen-bond acceptors (Lipinski definition) is 4. The summed E-state index contributed by atoms with van der Waals surface area (Å²) in [6, 6.07) is 16.0. The quantitative estimate of drug-likeness (QED) is 0.459. The van der Waals surface area contributed by atoms with Crippen molar-refractivity contribution in [3.63, 3.8) is 0 Å². The second-order valence-electron chi connectivity index (χ2n) is 6.30. The Kier molecular flexibility index (Phi) is 6.01. The lowest BCUT2D eigenvalue weighted by molar-refractivity contribution is -0.0199. The molecule has 0 fully saturated rings. The van der Waals surface area contributed by atoms with Crippen LogP contribution in [0.2, 0.25) is 0 Å². The van der Waals surface area contributed by atoms with E-state index in [0.717, 1.165) is 5.56 Å². The number of carbonyl (C=O) groups is 2. The van der Waals surface area contributed by atoms with Crippen LogP contribution in [-0.4, -0.2) is 30.1 Å². The van der Waals surface area contributed by atoms with Gasteiger partial charge in [0.2, 0.25) is 0 Å². The molecule has 0 radical (unpaired) electrons. The van der Waals surface area contributed by atoms with Crippen molar-refractivity contribution >= 4 is 11.6 Å². The van der Waals surface area contributed by atoms with Gasteiger partial charge >= 0.3 is 0 Å². The Morgan fingerprint density at radius 1 is 0.958 bits per heavy atom. The lowest BCUT2D eigenvalue weighted by atomic mass is 9.81. The molecule has 1 N–H and O–H groups in total. The van der Waals surface area contributed by atoms with E-state index in [0.29, 0.717) is 11.1 Å². The summed E-state index contributed by atoms with van der Waals surface area (Å²) in [5.41, 5.74) is 1.41. The Morgan fingerprint density at radius 3 is 2.25 bits per heavy atom. The molecule has 0 unspecified atom stereocenters. The number of ether oxygens (including phenoxy) is 1. The van der Waals surface area contributed by atoms with Crippen molar-refractivity contribution in [2.45, 2.75) is 25.7 Å². The molecule has 0 amide bonds. The highest BCUT2D eigenvalue weighted by atomic mass is 16.6. The molecule has 4 nitrogen and oxygen atoms in total. The Morgan fingerprint density at radius 2 is 1.58 bits per heavy atom. The first-order valence-corrected chi connectivity index (χ1v) is 7.85. The average molecular weight is 326 g/mol. The highest BCUT2D eigenvalue weighted by molar-refractivity contribution is 6.14. The van der Waals surface area contributed by atoms with Crippen LogP contribution in [-0.2, 0) is 10.2 Å². The fraction of sp³-hybridized carbons (Fsp3) is 0.300. The van der Waals surface area contributed by atoms with Crippen molar-refractivity contribution in [1.82, 2.24) is 0 Å². The standard InChI is InChI=1S/C20H22O4/c1-20(2,13-24-14-21)17-11-7-6-10-16(17)19(23)12-18(22)15-8-4-3-5-9-15/h3-11,21H,12-14H2,1-2H3. The Labute approximate surface area is 142 Å². The maximum Gasteiger partial charge on any atom is 0.170 e. The van der Waals surface area contributed by atoms with Gasteiger partial charge in [0, 0.05) is 16.5 Å². The molecular weight excluding hydrogens is 304 g/mol. The molecule has 0 saturated carbocycles. The van der Waals surface area contributed by atoms with Gasteiger partial charge in [-0.05, 0) is 5.56 Å². The third-order valence-corrected chi connectivity index (χ3v) is 3.93. The number of Topliss-reactive ketones (excluding diaryl/α,β-unsaturated/α-hetero) is 2. The Bertz CT molecular complexity index is 705. The van der Waals surface area contributed by atoms with Crippen LogP contribution in [0, 0.1) is 0 Å². The molecule has 2 rings (SSSR count). The molecule has 2 aromatic carbocycles. The maximum atomic E-state index is 12.7. The van der Waals surface area contributed by atoms with Gasteiger partial charge in [-0.3, -0.25) is 9.59 Å². The van der Waals surface area contributed by atoms with Crippen LogP contribution in [0.15, 0.2) is 54.6 Å². The van der Waals surface area contributed by atoms with Crippen molar-refractivity contribution in [3.05, 3.63) is 71.3 Å². The zero-order valence-corrected chi connectivity index (χ0v) is 14.0. The topological polar surface area (TPSA) is 63.6 Å². The minimum Gasteiger partial charge on any atom is -0.371 e. The van der Waals surface area contributed by atoms with E-state index in [1.165, 1.54) is 0 Å². The molecule has 0 heterocycles. The average Bonchev–Trinajstić information content (AvgIpc) is 2.60. The molecule has 4 heteroatoms. The number of benzene rings is 2. The molecule has 0 atom stereocenters. The highest BCUT2D eigenvalue weighted by Crippen LogP contribution is 2.28. The molecular formula is C20H22O4. The molecule has 0 aromatic heterocycles. The second-order valence-corrected chi connectivity index (χ2v) is 6.30. The van der Waals surface area contributed by atoms with E-state index in [4.69, 9.17) is 9.84 Å². The summed E-state index contributed by atoms with van der Waals surface area (Å²) >= 11 is 0. The number of aliphatic hydroxyl groups is 1. The fourth-order valence-electron chi connectivity index (χ4n) is 2.66. The van der Waals surface area contributed by atoms with Crippen molar-refractivity contribution in [3.8, 4) is 0 Å². The summed E-state index contributed by atoms with van der Waals surface area (Å²) in [4.78, 5) is 24.9. The van der Waals surface area contributed by atoms with Crippen LogP contribution in [0.25, 0.3) is 0 Å². The minimum atomic E-state index is -0.454. The Balaban J connectivity index is 2.23. The van der Waals surface area contributed by atoms with Crippen molar-refractivity contribution in [2.24, 2.45) is 0 Å². The summed E-state index contributed by atoms with van der Waals surface area (Å²) in [5.74, 6) is -0.406. The van der Waals surface area contributed by atoms with E-state index in [2.05, 4.69) is 0 Å². The lowest BCUT2D eigenvalue weighted by Crippen LogP contribution is -2.27. The van der Waals surface area contributed by atoms with Crippen LogP contribution in [0.1, 0.15) is 46.5 Å². The zero-order chi connectivity index (χ0) is 17.6. The van der Waals surface area contributed by atoms with Gasteiger partial charge in [0.1, 0.15) is 6.79 Å². The molecule has 0 aliphatic heterocycles. The first-order chi connectivity index (χ1) is 11.5. The van der Waals surface area contributed by atoms with Gasteiger partial charge in [0.25, 0.3) is 0 Å². The van der Waals surface area contributed by atoms with Crippen LogP contribution in [0.5, 0.6) is 0 Å². The predicted octanol–water partition coefficient (Wildman–Crippen LogP) is 3.39. The monoisotopic (exact) mass is 326 g/mol. The highest BCUT2D eigenvalue weighted by Gasteiger charge is 2.27. The van der Waals surface area contributed by atoms with Gasteiger partial charge in [-0.25, -0.2) is 0 Å². The van der Waals surface area contributed by atoms with Gasteiger partial charge < -0.3 is 9.84 Å². The van der Waals surface area contributed by atoms with Crippen molar-refractivity contribution in [2.75, 3.05) is 13.4 Å². The second kappa shape index (κ2) is 7.99. The van der Waals surface area contributed by atoms with Gasteiger partial charge in [-0.1, -0.05) is 68.4 Å². The van der Waals surface area contributed by atoms with Gasteiger partial charge in [-0.2, -0.15) is 0 Å². The molecule has 0 aliphatic rings. The summed E-state index contributed by atoms with van der Waals surface area (Å²) in [5, 5.41) is 8.87. The van der Waals surface area contributed by atoms with Crippen LogP contribution in [0.4, 0.5) is 0 Å². The third-order valence-electron chi connectivity index (χ3n) is 3.93. The van der Waals surface area contributed by atoms with Crippen molar-refractivity contribution < 1.29 is 19.4 Å². The van der Waals surface area contributed by atoms with Crippen LogP contribution in [0.3, 0.4) is 0 Å². The van der Waals surface area contributed by atoms with E-state index >= 15 is 0 Å². The third kappa shape index (κ3) is 4.37. The van der Waals surface area contributed by atoms with E-state index in [1.807, 2.05) is 32.0 Å². The van der Waals surface area contributed by atoms with Gasteiger partial charge in [-0.15, -0.1) is 0 Å². The number of carbonyl (C=O) groups excluding carboxylic acids is 2. The first-order valence-electron chi connectivity index (χ1n) is 7.85. The molecule has 0 aliphatic carbocycles. The van der Waals surface area contributed by atoms with E-state index < -0.39 is 5.41 Å². The summed E-state index contributed by atoms with van der Waals surface area (Å²) < 4.78 is 5.12. The number of aliphatic hydroxyl groups excluding tert-OH is 1. The first kappa shape index (κ1) is 18.0. The Hall–Kier alpha value is -2.30. The smallest absolute Gasteiger partial charge is 0.170 e. The summed E-state index contributed by atoms with van der Waals surface area (Å²) in [6.07, 6.45) is -0.169. The van der Waals surface area contributed by atoms with Crippen LogP contribution < -0.4 is 0 Å². The van der Waals surface area contributed by atoms with Gasteiger partial charge in [0.15, 0.2) is 11.6 Å². The molecule has 0 bridgehead atoms. The van der Waals surface area contributed by atoms with E-state index in [1.54, 1.807) is 36.4 Å². The predicted molar refractivity (Wildman–Crippen MR) is 92.2 cm³/mol. The zero-order valence-electron chi connectivity index (χ0n) is 14.0. The fourth-order valence-corrected chi connectivity index (χ4v) is 2.66. The molecule has 126 valence electrons. The largest absolute Gasteiger partial charge is 0.371 e. The summed E-state index contributed by atoms with van der Waals surface area (Å²) in [7, 11) is 0. The lowest BCUT2D eigenvalue weighted by Gasteiger charge is -2.26. The molecule has 0 saturated heterocycles. The minimum absolute atomic E-state index is 0.169. The molecule has 24 heavy (non-hydrogen) atoms. The van der Waals surface area contributed by atoms with Crippen molar-refractivity contribution in [1.29, 1.82) is 0 Å². The molecule has 0 spiro atoms. The number of hydrogen-bond donors (Lipinski definition) is 1. The number of rotatable bonds is 8. The number of ketones is 2. The van der Waals surface area contributed by atoms with Gasteiger partial charge in [0.05, 0.1) is 13.0 Å². The van der Waals surface area contributed by atoms with E-state index in [-0.39, 0.29) is 31.4 Å². The van der Waals surface area contributed by atoms with E-state index in [9.17, 15) is 9.59 Å². The molecule has 2 aromatic rings. The normalized spacial score (nSPS) is 11.3. The van der Waals surface area contributed by atoms with Crippen LogP contribution >= 0.6 is 0 Å². The summed E-state index contributed by atoms with van der Waals surface area (Å²) in [6.45, 7) is 3.79. The maximum absolute atomic E-state index is 12.7. The SMILES string of the molecule is CC(C)(COCO)c1ccccc1C(=O)CC(=O)c1ccccc1.